The zero-order valence-corrected chi connectivity index (χ0v) is 7.06. The third kappa shape index (κ3) is 0.772. The summed E-state index contributed by atoms with van der Waals surface area (Å²) in [6, 6.07) is 0. The average Bonchev–Trinajstić information content (AvgIpc) is 2.36. The molecular weight excluding hydrogens is 243 g/mol. The minimum absolute atomic E-state index is 0.784. The molecule has 5 heteroatoms. The maximum Gasteiger partial charge on any atom is 0.179 e. The molecule has 2 aromatic heterocycles. The SMILES string of the molecule is Ic1cncc2nncn12. The molecule has 0 aliphatic rings. The second-order valence-electron chi connectivity index (χ2n) is 1.79. The Balaban J connectivity index is 2.95. The van der Waals surface area contributed by atoms with Crippen LogP contribution < -0.4 is 0 Å². The van der Waals surface area contributed by atoms with Crippen LogP contribution in [0.4, 0.5) is 0 Å². The lowest BCUT2D eigenvalue weighted by atomic mass is 10.7. The zero-order chi connectivity index (χ0) is 6.97. The lowest BCUT2D eigenvalue weighted by Crippen LogP contribution is -1.89. The van der Waals surface area contributed by atoms with Crippen molar-refractivity contribution >= 4 is 28.2 Å². The molecule has 0 aromatic carbocycles. The summed E-state index contributed by atoms with van der Waals surface area (Å²) in [5, 5.41) is 7.56. The molecule has 2 rings (SSSR count). The molecule has 0 fully saturated rings. The van der Waals surface area contributed by atoms with Crippen LogP contribution in [0.25, 0.3) is 5.65 Å². The van der Waals surface area contributed by atoms with Gasteiger partial charge in [0.15, 0.2) is 5.65 Å². The van der Waals surface area contributed by atoms with Crippen LogP contribution in [-0.2, 0) is 0 Å². The number of rotatable bonds is 0. The summed E-state index contributed by atoms with van der Waals surface area (Å²) >= 11 is 2.18. The van der Waals surface area contributed by atoms with Crippen molar-refractivity contribution in [2.24, 2.45) is 0 Å². The van der Waals surface area contributed by atoms with Crippen LogP contribution in [0.2, 0.25) is 0 Å². The maximum absolute atomic E-state index is 3.95. The van der Waals surface area contributed by atoms with Gasteiger partial charge >= 0.3 is 0 Å². The second kappa shape index (κ2) is 2.15. The van der Waals surface area contributed by atoms with Crippen molar-refractivity contribution in [2.45, 2.75) is 0 Å². The molecular formula is C5H3IN4. The Kier molecular flexibility index (Phi) is 1.30. The third-order valence-corrected chi connectivity index (χ3v) is 1.97. The molecule has 4 nitrogen and oxygen atoms in total. The van der Waals surface area contributed by atoms with Crippen LogP contribution in [0.3, 0.4) is 0 Å². The first-order valence-corrected chi connectivity index (χ1v) is 3.75. The molecule has 0 N–H and O–H groups in total. The zero-order valence-electron chi connectivity index (χ0n) is 4.90. The molecule has 0 unspecified atom stereocenters. The molecule has 0 saturated carbocycles. The molecule has 0 atom stereocenters. The normalized spacial score (nSPS) is 10.5. The van der Waals surface area contributed by atoms with E-state index in [1.54, 1.807) is 18.7 Å². The molecule has 50 valence electrons. The smallest absolute Gasteiger partial charge is 0.179 e. The van der Waals surface area contributed by atoms with Gasteiger partial charge in [-0.05, 0) is 22.6 Å². The number of hydrogen-bond donors (Lipinski definition) is 0. The monoisotopic (exact) mass is 246 g/mol. The van der Waals surface area contributed by atoms with Gasteiger partial charge in [-0.2, -0.15) is 0 Å². The molecule has 0 aliphatic carbocycles. The van der Waals surface area contributed by atoms with Gasteiger partial charge in [0.05, 0.1) is 12.4 Å². The van der Waals surface area contributed by atoms with Gasteiger partial charge in [0, 0.05) is 0 Å². The lowest BCUT2D eigenvalue weighted by molar-refractivity contribution is 1.07. The molecule has 0 spiro atoms. The van der Waals surface area contributed by atoms with E-state index in [2.05, 4.69) is 37.8 Å². The summed E-state index contributed by atoms with van der Waals surface area (Å²) in [7, 11) is 0. The fourth-order valence-electron chi connectivity index (χ4n) is 0.724. The lowest BCUT2D eigenvalue weighted by Gasteiger charge is -1.91. The molecule has 0 bridgehead atoms. The molecule has 0 amide bonds. The highest BCUT2D eigenvalue weighted by Gasteiger charge is 1.96. The first-order valence-electron chi connectivity index (χ1n) is 2.67. The van der Waals surface area contributed by atoms with Crippen LogP contribution >= 0.6 is 22.6 Å². The number of fused-ring (bicyclic) bond motifs is 1. The Morgan fingerprint density at radius 1 is 1.40 bits per heavy atom. The van der Waals surface area contributed by atoms with Crippen LogP contribution in [0.5, 0.6) is 0 Å². The maximum atomic E-state index is 3.95. The van der Waals surface area contributed by atoms with E-state index in [9.17, 15) is 0 Å². The quantitative estimate of drug-likeness (QED) is 0.643. The molecule has 0 saturated heterocycles. The highest BCUT2D eigenvalue weighted by atomic mass is 127. The summed E-state index contributed by atoms with van der Waals surface area (Å²) in [5.74, 6) is 0. The molecule has 10 heavy (non-hydrogen) atoms. The van der Waals surface area contributed by atoms with Gasteiger partial charge in [0.1, 0.15) is 10.0 Å². The topological polar surface area (TPSA) is 43.1 Å². The van der Waals surface area contributed by atoms with Crippen molar-refractivity contribution in [1.82, 2.24) is 19.6 Å². The number of aromatic nitrogens is 4. The molecule has 2 heterocycles. The van der Waals surface area contributed by atoms with E-state index < -0.39 is 0 Å². The van der Waals surface area contributed by atoms with Crippen molar-refractivity contribution in [2.75, 3.05) is 0 Å². The van der Waals surface area contributed by atoms with Gasteiger partial charge in [-0.25, -0.2) is 0 Å². The third-order valence-electron chi connectivity index (χ3n) is 1.18. The molecule has 0 radical (unpaired) electrons. The number of halogens is 1. The Morgan fingerprint density at radius 3 is 3.10 bits per heavy atom. The van der Waals surface area contributed by atoms with Gasteiger partial charge in [-0.15, -0.1) is 10.2 Å². The van der Waals surface area contributed by atoms with Crippen LogP contribution in [0.1, 0.15) is 0 Å². The fraction of sp³-hybridized carbons (Fsp3) is 0. The van der Waals surface area contributed by atoms with E-state index in [0.29, 0.717) is 0 Å². The van der Waals surface area contributed by atoms with E-state index >= 15 is 0 Å². The summed E-state index contributed by atoms with van der Waals surface area (Å²) in [4.78, 5) is 3.95. The first kappa shape index (κ1) is 6.02. The summed E-state index contributed by atoms with van der Waals surface area (Å²) in [6.45, 7) is 0. The van der Waals surface area contributed by atoms with Gasteiger partial charge < -0.3 is 0 Å². The van der Waals surface area contributed by atoms with E-state index in [-0.39, 0.29) is 0 Å². The summed E-state index contributed by atoms with van der Waals surface area (Å²) in [5.41, 5.74) is 0.784. The van der Waals surface area contributed by atoms with Crippen molar-refractivity contribution in [3.05, 3.63) is 22.4 Å². The highest BCUT2D eigenvalue weighted by Crippen LogP contribution is 2.03. The largest absolute Gasteiger partial charge is 0.274 e. The molecule has 2 aromatic rings. The van der Waals surface area contributed by atoms with Crippen LogP contribution in [0, 0.1) is 3.70 Å². The van der Waals surface area contributed by atoms with Crippen LogP contribution in [0.15, 0.2) is 18.7 Å². The van der Waals surface area contributed by atoms with Crippen molar-refractivity contribution < 1.29 is 0 Å². The van der Waals surface area contributed by atoms with E-state index in [1.165, 1.54) is 0 Å². The standard InChI is InChI=1S/C5H3IN4/c6-4-1-7-2-5-9-8-3-10(4)5/h1-3H. The molecule has 0 aliphatic heterocycles. The van der Waals surface area contributed by atoms with Gasteiger partial charge in [0.2, 0.25) is 0 Å². The van der Waals surface area contributed by atoms with Gasteiger partial charge in [0.25, 0.3) is 0 Å². The minimum atomic E-state index is 0.784. The Hall–Kier alpha value is -0.720. The van der Waals surface area contributed by atoms with Crippen molar-refractivity contribution in [3.8, 4) is 0 Å². The number of nitrogens with zero attached hydrogens (tertiary/aromatic N) is 4. The van der Waals surface area contributed by atoms with Crippen molar-refractivity contribution in [1.29, 1.82) is 0 Å². The van der Waals surface area contributed by atoms with Crippen LogP contribution in [-0.4, -0.2) is 19.6 Å². The first-order chi connectivity index (χ1) is 4.88. The van der Waals surface area contributed by atoms with Gasteiger partial charge in [-0.3, -0.25) is 9.38 Å². The number of hydrogen-bond acceptors (Lipinski definition) is 3. The fourth-order valence-corrected chi connectivity index (χ4v) is 1.26. The summed E-state index contributed by atoms with van der Waals surface area (Å²) in [6.07, 6.45) is 5.10. The van der Waals surface area contributed by atoms with E-state index in [4.69, 9.17) is 0 Å². The predicted octanol–water partition coefficient (Wildman–Crippen LogP) is 0.729. The average molecular weight is 246 g/mol. The van der Waals surface area contributed by atoms with Crippen molar-refractivity contribution in [3.63, 3.8) is 0 Å². The van der Waals surface area contributed by atoms with Gasteiger partial charge in [-0.1, -0.05) is 0 Å². The predicted molar refractivity (Wildman–Crippen MR) is 43.5 cm³/mol. The summed E-state index contributed by atoms with van der Waals surface area (Å²) < 4.78 is 2.88. The Labute approximate surface area is 70.4 Å². The second-order valence-corrected chi connectivity index (χ2v) is 2.89. The Morgan fingerprint density at radius 2 is 2.30 bits per heavy atom. The highest BCUT2D eigenvalue weighted by molar-refractivity contribution is 14.1. The van der Waals surface area contributed by atoms with E-state index in [1.807, 2.05) is 4.40 Å². The van der Waals surface area contributed by atoms with E-state index in [0.717, 1.165) is 9.35 Å². The Bertz CT molecular complexity index is 355. The minimum Gasteiger partial charge on any atom is -0.274 e.